The monoisotopic (exact) mass is 197 g/mol. The summed E-state index contributed by atoms with van der Waals surface area (Å²) in [6.45, 7) is 3.90. The van der Waals surface area contributed by atoms with Crippen LogP contribution in [0.5, 0.6) is 0 Å². The maximum atomic E-state index is 11.4. The molecular weight excluding hydrogens is 178 g/mol. The first kappa shape index (κ1) is 9.93. The zero-order valence-electron chi connectivity index (χ0n) is 8.62. The van der Waals surface area contributed by atoms with E-state index in [0.29, 0.717) is 12.0 Å². The first-order valence-electron chi connectivity index (χ1n) is 5.45. The number of nitrogens with two attached hydrogens (primary N) is 1. The minimum absolute atomic E-state index is 0.0115. The Morgan fingerprint density at radius 3 is 3.00 bits per heavy atom. The second kappa shape index (κ2) is 3.87. The molecule has 2 fully saturated rings. The van der Waals surface area contributed by atoms with E-state index < -0.39 is 0 Å². The van der Waals surface area contributed by atoms with Crippen LogP contribution in [0.15, 0.2) is 0 Å². The summed E-state index contributed by atoms with van der Waals surface area (Å²) in [5, 5.41) is 6.42. The Bertz CT molecular complexity index is 229. The van der Waals surface area contributed by atoms with Gasteiger partial charge in [-0.3, -0.25) is 4.79 Å². The van der Waals surface area contributed by atoms with Crippen molar-refractivity contribution < 1.29 is 4.79 Å². The van der Waals surface area contributed by atoms with Crippen molar-refractivity contribution in [2.24, 2.45) is 17.6 Å². The lowest BCUT2D eigenvalue weighted by atomic mass is 9.97. The molecule has 0 radical (unpaired) electrons. The molecule has 1 heterocycles. The number of fused-ring (bicyclic) bond motifs is 1. The van der Waals surface area contributed by atoms with Gasteiger partial charge in [-0.15, -0.1) is 0 Å². The van der Waals surface area contributed by atoms with Crippen LogP contribution < -0.4 is 16.4 Å². The normalized spacial score (nSPS) is 38.0. The van der Waals surface area contributed by atoms with Gasteiger partial charge in [0.15, 0.2) is 0 Å². The fourth-order valence-corrected chi connectivity index (χ4v) is 2.64. The van der Waals surface area contributed by atoms with Crippen molar-refractivity contribution in [3.63, 3.8) is 0 Å². The van der Waals surface area contributed by atoms with Crippen LogP contribution in [0.3, 0.4) is 0 Å². The first-order valence-corrected chi connectivity index (χ1v) is 5.45. The highest BCUT2D eigenvalue weighted by Crippen LogP contribution is 2.34. The highest BCUT2D eigenvalue weighted by atomic mass is 16.2. The van der Waals surface area contributed by atoms with E-state index in [1.165, 1.54) is 6.42 Å². The van der Waals surface area contributed by atoms with Gasteiger partial charge in [0.05, 0.1) is 6.04 Å². The second-order valence-corrected chi connectivity index (χ2v) is 4.56. The number of hydrogen-bond acceptors (Lipinski definition) is 3. The maximum Gasteiger partial charge on any atom is 0.236 e. The summed E-state index contributed by atoms with van der Waals surface area (Å²) in [5.41, 5.74) is 5.52. The Labute approximate surface area is 84.6 Å². The molecule has 4 N–H and O–H groups in total. The van der Waals surface area contributed by atoms with Crippen molar-refractivity contribution in [2.75, 3.05) is 13.1 Å². The van der Waals surface area contributed by atoms with Crippen molar-refractivity contribution in [2.45, 2.75) is 31.8 Å². The number of nitrogens with one attached hydrogen (secondary N) is 2. The molecule has 1 amide bonds. The molecular formula is C10H19N3O. The molecule has 0 aromatic rings. The number of carbonyl (C=O) groups excluding carboxylic acids is 1. The minimum Gasteiger partial charge on any atom is -0.352 e. The van der Waals surface area contributed by atoms with Crippen LogP contribution in [0, 0.1) is 11.8 Å². The molecule has 14 heavy (non-hydrogen) atoms. The third kappa shape index (κ3) is 1.77. The lowest BCUT2D eigenvalue weighted by molar-refractivity contribution is -0.122. The SMILES string of the molecule is C[C@H](N)C(=O)NC1CCC2CNCC21. The molecule has 0 aromatic heterocycles. The molecule has 80 valence electrons. The summed E-state index contributed by atoms with van der Waals surface area (Å²) < 4.78 is 0. The average molecular weight is 197 g/mol. The Morgan fingerprint density at radius 1 is 1.50 bits per heavy atom. The third-order valence-electron chi connectivity index (χ3n) is 3.50. The van der Waals surface area contributed by atoms with E-state index in [1.54, 1.807) is 6.92 Å². The lowest BCUT2D eigenvalue weighted by Gasteiger charge is -2.20. The van der Waals surface area contributed by atoms with E-state index in [9.17, 15) is 4.79 Å². The minimum atomic E-state index is -0.386. The summed E-state index contributed by atoms with van der Waals surface area (Å²) in [5.74, 6) is 1.40. The molecule has 1 saturated heterocycles. The van der Waals surface area contributed by atoms with Gasteiger partial charge in [0.2, 0.25) is 5.91 Å². The van der Waals surface area contributed by atoms with Crippen molar-refractivity contribution >= 4 is 5.91 Å². The fourth-order valence-electron chi connectivity index (χ4n) is 2.64. The standard InChI is InChI=1S/C10H19N3O/c1-6(11)10(14)13-9-3-2-7-4-12-5-8(7)9/h6-9,12H,2-5,11H2,1H3,(H,13,14)/t6-,7?,8?,9?/m0/s1. The molecule has 2 aliphatic rings. The predicted octanol–water partition coefficient (Wildman–Crippen LogP) is -0.552. The fraction of sp³-hybridized carbons (Fsp3) is 0.900. The zero-order valence-corrected chi connectivity index (χ0v) is 8.62. The highest BCUT2D eigenvalue weighted by Gasteiger charge is 2.39. The molecule has 1 saturated carbocycles. The van der Waals surface area contributed by atoms with Gasteiger partial charge in [-0.1, -0.05) is 0 Å². The van der Waals surface area contributed by atoms with Gasteiger partial charge >= 0.3 is 0 Å². The van der Waals surface area contributed by atoms with Gasteiger partial charge in [-0.2, -0.15) is 0 Å². The maximum absolute atomic E-state index is 11.4. The van der Waals surface area contributed by atoms with E-state index in [2.05, 4.69) is 10.6 Å². The van der Waals surface area contributed by atoms with Crippen LogP contribution in [0.4, 0.5) is 0 Å². The van der Waals surface area contributed by atoms with Crippen molar-refractivity contribution in [1.82, 2.24) is 10.6 Å². The Balaban J connectivity index is 1.90. The molecule has 0 bridgehead atoms. The van der Waals surface area contributed by atoms with Gasteiger partial charge in [0.1, 0.15) is 0 Å². The van der Waals surface area contributed by atoms with Crippen molar-refractivity contribution in [1.29, 1.82) is 0 Å². The summed E-state index contributed by atoms with van der Waals surface area (Å²) in [6.07, 6.45) is 2.36. The third-order valence-corrected chi connectivity index (χ3v) is 3.50. The van der Waals surface area contributed by atoms with Crippen molar-refractivity contribution in [3.8, 4) is 0 Å². The molecule has 0 spiro atoms. The molecule has 2 rings (SSSR count). The highest BCUT2D eigenvalue weighted by molar-refractivity contribution is 5.81. The quantitative estimate of drug-likeness (QED) is 0.556. The van der Waals surface area contributed by atoms with Crippen LogP contribution >= 0.6 is 0 Å². The molecule has 4 nitrogen and oxygen atoms in total. The predicted molar refractivity (Wildman–Crippen MR) is 54.7 cm³/mol. The lowest BCUT2D eigenvalue weighted by Crippen LogP contribution is -2.46. The smallest absolute Gasteiger partial charge is 0.236 e. The van der Waals surface area contributed by atoms with Gasteiger partial charge in [0.25, 0.3) is 0 Å². The summed E-state index contributed by atoms with van der Waals surface area (Å²) in [6, 6.07) is -0.0306. The van der Waals surface area contributed by atoms with Gasteiger partial charge in [-0.05, 0) is 38.1 Å². The molecule has 0 aromatic carbocycles. The van der Waals surface area contributed by atoms with Crippen LogP contribution in [-0.2, 0) is 4.79 Å². The van der Waals surface area contributed by atoms with Crippen LogP contribution in [0.25, 0.3) is 0 Å². The van der Waals surface area contributed by atoms with Gasteiger partial charge in [-0.25, -0.2) is 0 Å². The summed E-state index contributed by atoms with van der Waals surface area (Å²) in [7, 11) is 0. The van der Waals surface area contributed by atoms with Crippen molar-refractivity contribution in [3.05, 3.63) is 0 Å². The zero-order chi connectivity index (χ0) is 10.1. The average Bonchev–Trinajstić information content (AvgIpc) is 2.69. The van der Waals surface area contributed by atoms with Crippen LogP contribution in [0.2, 0.25) is 0 Å². The Kier molecular flexibility index (Phi) is 2.74. The molecule has 4 heteroatoms. The van der Waals surface area contributed by atoms with Gasteiger partial charge < -0.3 is 16.4 Å². The molecule has 1 aliphatic heterocycles. The van der Waals surface area contributed by atoms with E-state index in [-0.39, 0.29) is 11.9 Å². The summed E-state index contributed by atoms with van der Waals surface area (Å²) >= 11 is 0. The van der Waals surface area contributed by atoms with E-state index >= 15 is 0 Å². The number of hydrogen-bond donors (Lipinski definition) is 3. The van der Waals surface area contributed by atoms with Crippen LogP contribution in [0.1, 0.15) is 19.8 Å². The first-order chi connectivity index (χ1) is 6.68. The number of amides is 1. The topological polar surface area (TPSA) is 67.2 Å². The number of rotatable bonds is 2. The Morgan fingerprint density at radius 2 is 2.29 bits per heavy atom. The second-order valence-electron chi connectivity index (χ2n) is 4.56. The largest absolute Gasteiger partial charge is 0.352 e. The summed E-state index contributed by atoms with van der Waals surface area (Å²) in [4.78, 5) is 11.4. The van der Waals surface area contributed by atoms with Gasteiger partial charge in [0, 0.05) is 12.6 Å². The Hall–Kier alpha value is -0.610. The van der Waals surface area contributed by atoms with E-state index in [1.807, 2.05) is 0 Å². The molecule has 4 atom stereocenters. The molecule has 1 aliphatic carbocycles. The van der Waals surface area contributed by atoms with E-state index in [4.69, 9.17) is 5.73 Å². The van der Waals surface area contributed by atoms with Crippen LogP contribution in [-0.4, -0.2) is 31.1 Å². The van der Waals surface area contributed by atoms with E-state index in [0.717, 1.165) is 25.4 Å². The molecule has 3 unspecified atom stereocenters. The number of carbonyl (C=O) groups is 1.